The SMILES string of the molecule is CC(C)C1=CC[C]([Ti])=C1. The third-order valence-electron chi connectivity index (χ3n) is 1.57. The molecular formula is C8H11Ti. The van der Waals surface area contributed by atoms with Crippen molar-refractivity contribution < 1.29 is 20.4 Å². The van der Waals surface area contributed by atoms with Gasteiger partial charge >= 0.3 is 68.2 Å². The van der Waals surface area contributed by atoms with Crippen molar-refractivity contribution in [3.63, 3.8) is 0 Å². The first kappa shape index (κ1) is 7.30. The molecule has 0 N–H and O–H groups in total. The zero-order valence-electron chi connectivity index (χ0n) is 5.94. The van der Waals surface area contributed by atoms with Gasteiger partial charge in [0.1, 0.15) is 0 Å². The van der Waals surface area contributed by atoms with Gasteiger partial charge < -0.3 is 0 Å². The van der Waals surface area contributed by atoms with Crippen molar-refractivity contribution in [3.8, 4) is 0 Å². The molecule has 9 heavy (non-hydrogen) atoms. The third kappa shape index (κ3) is 1.81. The van der Waals surface area contributed by atoms with E-state index in [-0.39, 0.29) is 0 Å². The second-order valence-corrected chi connectivity index (χ2v) is 3.74. The van der Waals surface area contributed by atoms with Crippen LogP contribution in [0.15, 0.2) is 21.6 Å². The van der Waals surface area contributed by atoms with E-state index in [1.54, 1.807) is 0 Å². The van der Waals surface area contributed by atoms with Gasteiger partial charge in [-0.05, 0) is 0 Å². The van der Waals surface area contributed by atoms with Gasteiger partial charge in [0, 0.05) is 0 Å². The summed E-state index contributed by atoms with van der Waals surface area (Å²) in [7, 11) is 0. The maximum absolute atomic E-state index is 2.32. The number of hydrogen-bond acceptors (Lipinski definition) is 0. The molecule has 0 radical (unpaired) electrons. The van der Waals surface area contributed by atoms with Crippen LogP contribution in [0.2, 0.25) is 0 Å². The Balaban J connectivity index is 2.64. The Labute approximate surface area is 68.4 Å². The van der Waals surface area contributed by atoms with Gasteiger partial charge in [-0.15, -0.1) is 0 Å². The van der Waals surface area contributed by atoms with E-state index in [0.29, 0.717) is 5.92 Å². The molecule has 1 rings (SSSR count). The Kier molecular flexibility index (Phi) is 2.31. The van der Waals surface area contributed by atoms with Crippen LogP contribution in [0.3, 0.4) is 0 Å². The fraction of sp³-hybridized carbons (Fsp3) is 0.500. The van der Waals surface area contributed by atoms with E-state index in [1.165, 1.54) is 15.9 Å². The molecule has 0 spiro atoms. The summed E-state index contributed by atoms with van der Waals surface area (Å²) in [5.74, 6) is 0.711. The van der Waals surface area contributed by atoms with E-state index in [9.17, 15) is 0 Å². The monoisotopic (exact) mass is 155 g/mol. The van der Waals surface area contributed by atoms with Crippen LogP contribution in [-0.2, 0) is 20.4 Å². The molecule has 0 amide bonds. The van der Waals surface area contributed by atoms with Crippen LogP contribution in [0.25, 0.3) is 0 Å². The van der Waals surface area contributed by atoms with E-state index in [2.05, 4.69) is 46.4 Å². The summed E-state index contributed by atoms with van der Waals surface area (Å²) in [5, 5.41) is 0. The molecule has 0 bridgehead atoms. The quantitative estimate of drug-likeness (QED) is 0.510. The molecule has 0 aromatic carbocycles. The molecule has 0 saturated heterocycles. The van der Waals surface area contributed by atoms with Gasteiger partial charge in [0.15, 0.2) is 0 Å². The van der Waals surface area contributed by atoms with Crippen molar-refractivity contribution in [2.75, 3.05) is 0 Å². The first-order valence-electron chi connectivity index (χ1n) is 3.32. The van der Waals surface area contributed by atoms with E-state index in [0.717, 1.165) is 0 Å². The number of hydrogen-bond donors (Lipinski definition) is 0. The molecule has 0 atom stereocenters. The first-order chi connectivity index (χ1) is 4.20. The molecule has 0 saturated carbocycles. The Morgan fingerprint density at radius 2 is 2.22 bits per heavy atom. The van der Waals surface area contributed by atoms with Gasteiger partial charge in [-0.25, -0.2) is 0 Å². The average Bonchev–Trinajstić information content (AvgIpc) is 2.14. The van der Waals surface area contributed by atoms with Gasteiger partial charge in [0.05, 0.1) is 0 Å². The van der Waals surface area contributed by atoms with Crippen molar-refractivity contribution in [1.29, 1.82) is 0 Å². The van der Waals surface area contributed by atoms with Crippen LogP contribution in [0.1, 0.15) is 20.3 Å². The Morgan fingerprint density at radius 1 is 1.56 bits per heavy atom. The van der Waals surface area contributed by atoms with E-state index < -0.39 is 0 Å². The molecule has 1 aliphatic carbocycles. The standard InChI is InChI=1S/C8H11.Ti/c1-7(2)8-5-3-4-6-8;/h5-7H,3H2,1-2H3;. The van der Waals surface area contributed by atoms with E-state index in [1.807, 2.05) is 0 Å². The summed E-state index contributed by atoms with van der Waals surface area (Å²) < 4.78 is 1.50. The molecule has 1 aliphatic rings. The molecule has 47 valence electrons. The minimum atomic E-state index is 0.711. The van der Waals surface area contributed by atoms with Gasteiger partial charge in [-0.2, -0.15) is 0 Å². The van der Waals surface area contributed by atoms with E-state index in [4.69, 9.17) is 0 Å². The second kappa shape index (κ2) is 2.85. The van der Waals surface area contributed by atoms with Crippen LogP contribution in [0.4, 0.5) is 0 Å². The summed E-state index contributed by atoms with van der Waals surface area (Å²) in [5.41, 5.74) is 1.51. The van der Waals surface area contributed by atoms with Gasteiger partial charge in [0.2, 0.25) is 0 Å². The fourth-order valence-corrected chi connectivity index (χ4v) is 1.37. The predicted molar refractivity (Wildman–Crippen MR) is 35.6 cm³/mol. The number of allylic oxidation sites excluding steroid dienone is 4. The normalized spacial score (nSPS) is 18.0. The van der Waals surface area contributed by atoms with Crippen LogP contribution >= 0.6 is 0 Å². The molecule has 0 nitrogen and oxygen atoms in total. The molecular weight excluding hydrogens is 144 g/mol. The predicted octanol–water partition coefficient (Wildman–Crippen LogP) is 2.40. The fourth-order valence-electron chi connectivity index (χ4n) is 0.949. The summed E-state index contributed by atoms with van der Waals surface area (Å²) in [6.07, 6.45) is 5.79. The summed E-state index contributed by atoms with van der Waals surface area (Å²) >= 11 is 2.19. The summed E-state index contributed by atoms with van der Waals surface area (Å²) in [6.45, 7) is 4.47. The zero-order chi connectivity index (χ0) is 6.85. The second-order valence-electron chi connectivity index (χ2n) is 2.73. The topological polar surface area (TPSA) is 0 Å². The minimum absolute atomic E-state index is 0.711. The van der Waals surface area contributed by atoms with Gasteiger partial charge in [0.25, 0.3) is 0 Å². The molecule has 0 fully saturated rings. The molecule has 0 heterocycles. The Bertz CT molecular complexity index is 163. The average molecular weight is 155 g/mol. The third-order valence-corrected chi connectivity index (χ3v) is 2.11. The van der Waals surface area contributed by atoms with Crippen LogP contribution in [0.5, 0.6) is 0 Å². The number of rotatable bonds is 1. The van der Waals surface area contributed by atoms with Crippen molar-refractivity contribution in [2.24, 2.45) is 5.92 Å². The van der Waals surface area contributed by atoms with E-state index >= 15 is 0 Å². The van der Waals surface area contributed by atoms with Crippen molar-refractivity contribution in [1.82, 2.24) is 0 Å². The van der Waals surface area contributed by atoms with Crippen molar-refractivity contribution in [3.05, 3.63) is 21.6 Å². The Hall–Kier alpha value is 0.194. The summed E-state index contributed by atoms with van der Waals surface area (Å²) in [4.78, 5) is 0. The first-order valence-corrected chi connectivity index (χ1v) is 4.10. The van der Waals surface area contributed by atoms with Crippen LogP contribution < -0.4 is 0 Å². The zero-order valence-corrected chi connectivity index (χ0v) is 7.50. The summed E-state index contributed by atoms with van der Waals surface area (Å²) in [6, 6.07) is 0. The van der Waals surface area contributed by atoms with Crippen LogP contribution in [0, 0.1) is 5.92 Å². The van der Waals surface area contributed by atoms with Gasteiger partial charge in [-0.1, -0.05) is 0 Å². The van der Waals surface area contributed by atoms with Crippen molar-refractivity contribution in [2.45, 2.75) is 20.3 Å². The molecule has 0 aliphatic heterocycles. The molecule has 0 aromatic heterocycles. The maximum atomic E-state index is 2.32. The van der Waals surface area contributed by atoms with Crippen molar-refractivity contribution >= 4 is 0 Å². The molecule has 1 heteroatoms. The van der Waals surface area contributed by atoms with Crippen LogP contribution in [-0.4, -0.2) is 0 Å². The Morgan fingerprint density at radius 3 is 2.44 bits per heavy atom. The molecule has 0 unspecified atom stereocenters. The van der Waals surface area contributed by atoms with Gasteiger partial charge in [-0.3, -0.25) is 0 Å². The molecule has 0 aromatic rings.